The lowest BCUT2D eigenvalue weighted by molar-refractivity contribution is -0.115. The molecule has 0 aliphatic carbocycles. The van der Waals surface area contributed by atoms with Gasteiger partial charge in [0, 0.05) is 28.9 Å². The molecular weight excluding hydrogens is 553 g/mol. The highest BCUT2D eigenvalue weighted by Crippen LogP contribution is 2.35. The minimum absolute atomic E-state index is 0.0133. The summed E-state index contributed by atoms with van der Waals surface area (Å²) in [4.78, 5) is 22.0. The van der Waals surface area contributed by atoms with E-state index < -0.39 is 16.6 Å². The summed E-state index contributed by atoms with van der Waals surface area (Å²) in [7, 11) is -1.39. The molecule has 0 aliphatic rings. The molecule has 5 aromatic rings. The standard InChI is InChI=1S/C32H32FN5O3S/c1-20-14-22(16-30(39)37-23-18-36-38(19-23)32(3,4)5)15-26(33)31(20)41-29-11-13-35-28-10-9-24(17-25(28)29)42(40)21(2)27-8-6-7-12-34-27/h6-15,17-19,21H,16H2,1-5H3,(H,37,39). The molecule has 3 aromatic heterocycles. The summed E-state index contributed by atoms with van der Waals surface area (Å²) < 4.78 is 36.6. The van der Waals surface area contributed by atoms with Crippen molar-refractivity contribution in [3.05, 3.63) is 102 Å². The van der Waals surface area contributed by atoms with Gasteiger partial charge in [0.1, 0.15) is 5.75 Å². The quantitative estimate of drug-likeness (QED) is 0.213. The number of carbonyl (C=O) groups excluding carboxylic acids is 1. The zero-order valence-electron chi connectivity index (χ0n) is 24.1. The number of hydrogen-bond donors (Lipinski definition) is 1. The number of pyridine rings is 2. The van der Waals surface area contributed by atoms with Crippen molar-refractivity contribution in [2.24, 2.45) is 0 Å². The van der Waals surface area contributed by atoms with E-state index in [2.05, 4.69) is 20.4 Å². The van der Waals surface area contributed by atoms with Crippen LogP contribution in [0.2, 0.25) is 0 Å². The van der Waals surface area contributed by atoms with Gasteiger partial charge in [-0.15, -0.1) is 0 Å². The molecule has 1 N–H and O–H groups in total. The maximum atomic E-state index is 15.4. The number of nitrogens with one attached hydrogen (secondary N) is 1. The summed E-state index contributed by atoms with van der Waals surface area (Å²) in [6, 6.07) is 15.5. The highest BCUT2D eigenvalue weighted by Gasteiger charge is 2.20. The van der Waals surface area contributed by atoms with Gasteiger partial charge < -0.3 is 10.1 Å². The summed E-state index contributed by atoms with van der Waals surface area (Å²) in [5, 5.41) is 7.38. The normalized spacial score (nSPS) is 13.1. The van der Waals surface area contributed by atoms with E-state index in [4.69, 9.17) is 4.74 Å². The smallest absolute Gasteiger partial charge is 0.228 e. The number of rotatable bonds is 8. The van der Waals surface area contributed by atoms with Gasteiger partial charge in [0.05, 0.1) is 51.1 Å². The number of aryl methyl sites for hydroxylation is 1. The third-order valence-corrected chi connectivity index (χ3v) is 8.35. The Kier molecular flexibility index (Phi) is 8.17. The molecule has 3 heterocycles. The largest absolute Gasteiger partial charge is 0.453 e. The fourth-order valence-electron chi connectivity index (χ4n) is 4.53. The van der Waals surface area contributed by atoms with Crippen LogP contribution in [-0.4, -0.2) is 29.9 Å². The second-order valence-electron chi connectivity index (χ2n) is 11.1. The lowest BCUT2D eigenvalue weighted by Gasteiger charge is -2.18. The zero-order chi connectivity index (χ0) is 30.0. The van der Waals surface area contributed by atoms with E-state index in [-0.39, 0.29) is 28.9 Å². The van der Waals surface area contributed by atoms with Crippen LogP contribution in [0, 0.1) is 12.7 Å². The van der Waals surface area contributed by atoms with Crippen LogP contribution in [0.5, 0.6) is 11.5 Å². The molecule has 2 unspecified atom stereocenters. The maximum absolute atomic E-state index is 15.4. The summed E-state index contributed by atoms with van der Waals surface area (Å²) in [6.45, 7) is 9.63. The minimum Gasteiger partial charge on any atom is -0.453 e. The molecule has 0 saturated carbocycles. The van der Waals surface area contributed by atoms with E-state index in [9.17, 15) is 9.00 Å². The van der Waals surface area contributed by atoms with Crippen molar-refractivity contribution in [2.75, 3.05) is 5.32 Å². The van der Waals surface area contributed by atoms with E-state index in [1.807, 2.05) is 45.9 Å². The van der Waals surface area contributed by atoms with Crippen molar-refractivity contribution < 1.29 is 18.1 Å². The van der Waals surface area contributed by atoms with Crippen LogP contribution >= 0.6 is 0 Å². The van der Waals surface area contributed by atoms with Crippen LogP contribution in [0.4, 0.5) is 10.1 Å². The first-order valence-electron chi connectivity index (χ1n) is 13.5. The Balaban J connectivity index is 1.35. The summed E-state index contributed by atoms with van der Waals surface area (Å²) in [6.07, 6.45) is 6.60. The average molecular weight is 586 g/mol. The van der Waals surface area contributed by atoms with Crippen LogP contribution in [0.3, 0.4) is 0 Å². The van der Waals surface area contributed by atoms with Crippen molar-refractivity contribution in [1.29, 1.82) is 0 Å². The molecule has 0 radical (unpaired) electrons. The van der Waals surface area contributed by atoms with E-state index >= 15 is 4.39 Å². The van der Waals surface area contributed by atoms with Gasteiger partial charge >= 0.3 is 0 Å². The first kappa shape index (κ1) is 29.1. The Morgan fingerprint density at radius 3 is 2.60 bits per heavy atom. The number of anilines is 1. The Morgan fingerprint density at radius 2 is 1.90 bits per heavy atom. The SMILES string of the molecule is Cc1cc(CC(=O)Nc2cnn(C(C)(C)C)c2)cc(F)c1Oc1ccnc2ccc(S(=O)C(C)c3ccccn3)cc12. The molecule has 0 saturated heterocycles. The van der Waals surface area contributed by atoms with Crippen LogP contribution in [-0.2, 0) is 27.6 Å². The highest BCUT2D eigenvalue weighted by atomic mass is 32.2. The molecule has 216 valence electrons. The Bertz CT molecular complexity index is 1760. The average Bonchev–Trinajstić information content (AvgIpc) is 3.43. The molecule has 0 aliphatic heterocycles. The molecule has 42 heavy (non-hydrogen) atoms. The second kappa shape index (κ2) is 11.8. The number of fused-ring (bicyclic) bond motifs is 1. The molecule has 0 fully saturated rings. The molecule has 5 rings (SSSR count). The van der Waals surface area contributed by atoms with Crippen molar-refractivity contribution >= 4 is 33.3 Å². The zero-order valence-corrected chi connectivity index (χ0v) is 24.9. The minimum atomic E-state index is -1.39. The molecule has 2 aromatic carbocycles. The Hall–Kier alpha value is -4.44. The van der Waals surface area contributed by atoms with Gasteiger partial charge in [0.15, 0.2) is 11.6 Å². The predicted molar refractivity (Wildman–Crippen MR) is 162 cm³/mol. The Labute approximate surface area is 246 Å². The number of nitrogens with zero attached hydrogens (tertiary/aromatic N) is 4. The van der Waals surface area contributed by atoms with Crippen molar-refractivity contribution in [3.8, 4) is 11.5 Å². The molecule has 1 amide bonds. The fraction of sp³-hybridized carbons (Fsp3) is 0.250. The molecular formula is C32H32FN5O3S. The van der Waals surface area contributed by atoms with Crippen LogP contribution in [0.1, 0.15) is 49.8 Å². The fourth-order valence-corrected chi connectivity index (χ4v) is 5.74. The Morgan fingerprint density at radius 1 is 1.10 bits per heavy atom. The molecule has 0 spiro atoms. The number of amides is 1. The van der Waals surface area contributed by atoms with E-state index in [0.717, 1.165) is 5.69 Å². The molecule has 2 atom stereocenters. The van der Waals surface area contributed by atoms with Crippen molar-refractivity contribution in [1.82, 2.24) is 19.7 Å². The number of carbonyl (C=O) groups is 1. The lowest BCUT2D eigenvalue weighted by atomic mass is 10.1. The topological polar surface area (TPSA) is 99.0 Å². The number of hydrogen-bond acceptors (Lipinski definition) is 6. The van der Waals surface area contributed by atoms with E-state index in [1.54, 1.807) is 66.7 Å². The van der Waals surface area contributed by atoms with Crippen LogP contribution in [0.15, 0.2) is 84.3 Å². The van der Waals surface area contributed by atoms with Crippen LogP contribution < -0.4 is 10.1 Å². The van der Waals surface area contributed by atoms with Crippen molar-refractivity contribution in [3.63, 3.8) is 0 Å². The van der Waals surface area contributed by atoms with Gasteiger partial charge in [-0.25, -0.2) is 4.39 Å². The summed E-state index contributed by atoms with van der Waals surface area (Å²) >= 11 is 0. The summed E-state index contributed by atoms with van der Waals surface area (Å²) in [5.41, 5.74) is 2.76. The second-order valence-corrected chi connectivity index (χ2v) is 12.9. The maximum Gasteiger partial charge on any atom is 0.228 e. The van der Waals surface area contributed by atoms with E-state index in [1.165, 1.54) is 6.07 Å². The van der Waals surface area contributed by atoms with E-state index in [0.29, 0.717) is 38.4 Å². The number of benzene rings is 2. The van der Waals surface area contributed by atoms with Crippen LogP contribution in [0.25, 0.3) is 10.9 Å². The number of ether oxygens (including phenoxy) is 1. The molecule has 10 heteroatoms. The van der Waals surface area contributed by atoms with Gasteiger partial charge in [-0.2, -0.15) is 5.10 Å². The van der Waals surface area contributed by atoms with Gasteiger partial charge in [0.2, 0.25) is 5.91 Å². The predicted octanol–water partition coefficient (Wildman–Crippen LogP) is 6.87. The van der Waals surface area contributed by atoms with Gasteiger partial charge in [-0.3, -0.25) is 23.7 Å². The highest BCUT2D eigenvalue weighted by molar-refractivity contribution is 7.85. The monoisotopic (exact) mass is 585 g/mol. The number of halogens is 1. The van der Waals surface area contributed by atoms with Gasteiger partial charge in [-0.1, -0.05) is 12.1 Å². The number of aromatic nitrogens is 4. The van der Waals surface area contributed by atoms with Gasteiger partial charge in [-0.05, 0) is 88.2 Å². The third kappa shape index (κ3) is 6.38. The van der Waals surface area contributed by atoms with Gasteiger partial charge in [0.25, 0.3) is 0 Å². The third-order valence-electron chi connectivity index (χ3n) is 6.75. The summed E-state index contributed by atoms with van der Waals surface area (Å²) in [5.74, 6) is -0.442. The lowest BCUT2D eigenvalue weighted by Crippen LogP contribution is -2.22. The molecule has 8 nitrogen and oxygen atoms in total. The first-order valence-corrected chi connectivity index (χ1v) is 14.7. The first-order chi connectivity index (χ1) is 20.0. The molecule has 0 bridgehead atoms. The van der Waals surface area contributed by atoms with Crippen molar-refractivity contribution in [2.45, 2.75) is 56.7 Å².